The van der Waals surface area contributed by atoms with Crippen LogP contribution in [0.1, 0.15) is 30.6 Å². The standard InChI is InChI=1S/C13H18ClN3O/c1-8-5-6-15-13-11(8)16-12(10(3)14)17(13)7-9(2)18-4/h5-6,9-10H,7H2,1-4H3. The zero-order valence-electron chi connectivity index (χ0n) is 11.1. The Balaban J connectivity index is 2.59. The molecule has 0 aliphatic heterocycles. The van der Waals surface area contributed by atoms with Crippen LogP contribution in [0.2, 0.25) is 0 Å². The van der Waals surface area contributed by atoms with Crippen molar-refractivity contribution < 1.29 is 4.74 Å². The van der Waals surface area contributed by atoms with E-state index < -0.39 is 0 Å². The molecule has 0 saturated carbocycles. The Hall–Kier alpha value is -1.13. The number of hydrogen-bond acceptors (Lipinski definition) is 3. The van der Waals surface area contributed by atoms with Crippen molar-refractivity contribution in [3.05, 3.63) is 23.7 Å². The first-order valence-electron chi connectivity index (χ1n) is 6.03. The van der Waals surface area contributed by atoms with Gasteiger partial charge in [-0.1, -0.05) is 0 Å². The SMILES string of the molecule is COC(C)Cn1c(C(C)Cl)nc2c(C)ccnc21. The minimum Gasteiger partial charge on any atom is -0.380 e. The zero-order chi connectivity index (χ0) is 13.3. The van der Waals surface area contributed by atoms with Crippen LogP contribution in [-0.4, -0.2) is 27.7 Å². The summed E-state index contributed by atoms with van der Waals surface area (Å²) >= 11 is 6.21. The number of methoxy groups -OCH3 is 1. The summed E-state index contributed by atoms with van der Waals surface area (Å²) in [4.78, 5) is 9.03. The van der Waals surface area contributed by atoms with Gasteiger partial charge in [0.15, 0.2) is 5.65 Å². The number of alkyl halides is 1. The van der Waals surface area contributed by atoms with Gasteiger partial charge in [-0.15, -0.1) is 11.6 Å². The largest absolute Gasteiger partial charge is 0.380 e. The number of aryl methyl sites for hydroxylation is 1. The molecule has 0 N–H and O–H groups in total. The second-order valence-electron chi connectivity index (χ2n) is 4.54. The van der Waals surface area contributed by atoms with Gasteiger partial charge >= 0.3 is 0 Å². The Morgan fingerprint density at radius 2 is 2.17 bits per heavy atom. The molecule has 2 aromatic rings. The molecule has 4 nitrogen and oxygen atoms in total. The van der Waals surface area contributed by atoms with Crippen LogP contribution in [0.3, 0.4) is 0 Å². The summed E-state index contributed by atoms with van der Waals surface area (Å²) in [6.45, 7) is 6.68. The van der Waals surface area contributed by atoms with Gasteiger partial charge in [-0.25, -0.2) is 9.97 Å². The van der Waals surface area contributed by atoms with Crippen LogP contribution < -0.4 is 0 Å². The summed E-state index contributed by atoms with van der Waals surface area (Å²) in [6.07, 6.45) is 1.90. The van der Waals surface area contributed by atoms with Gasteiger partial charge in [0.1, 0.15) is 11.3 Å². The van der Waals surface area contributed by atoms with Gasteiger partial charge in [0.25, 0.3) is 0 Å². The number of nitrogens with zero attached hydrogens (tertiary/aromatic N) is 3. The van der Waals surface area contributed by atoms with Gasteiger partial charge in [-0.05, 0) is 32.4 Å². The van der Waals surface area contributed by atoms with E-state index in [1.807, 2.05) is 31.4 Å². The van der Waals surface area contributed by atoms with Crippen molar-refractivity contribution in [2.45, 2.75) is 38.8 Å². The van der Waals surface area contributed by atoms with Crippen molar-refractivity contribution in [3.8, 4) is 0 Å². The lowest BCUT2D eigenvalue weighted by Gasteiger charge is -2.14. The molecule has 0 aromatic carbocycles. The van der Waals surface area contributed by atoms with Crippen molar-refractivity contribution >= 4 is 22.8 Å². The van der Waals surface area contributed by atoms with Crippen molar-refractivity contribution in [2.24, 2.45) is 0 Å². The maximum atomic E-state index is 6.21. The van der Waals surface area contributed by atoms with Gasteiger partial charge in [0.05, 0.1) is 18.0 Å². The van der Waals surface area contributed by atoms with E-state index in [0.29, 0.717) is 6.54 Å². The highest BCUT2D eigenvalue weighted by atomic mass is 35.5. The van der Waals surface area contributed by atoms with Crippen LogP contribution in [0.25, 0.3) is 11.2 Å². The van der Waals surface area contributed by atoms with Gasteiger partial charge in [0, 0.05) is 13.3 Å². The number of ether oxygens (including phenoxy) is 1. The molecule has 0 aliphatic carbocycles. The molecule has 0 aliphatic rings. The van der Waals surface area contributed by atoms with Crippen LogP contribution in [0.5, 0.6) is 0 Å². The van der Waals surface area contributed by atoms with Gasteiger partial charge < -0.3 is 9.30 Å². The topological polar surface area (TPSA) is 39.9 Å². The van der Waals surface area contributed by atoms with Crippen LogP contribution in [0.4, 0.5) is 0 Å². The molecular weight excluding hydrogens is 250 g/mol. The second-order valence-corrected chi connectivity index (χ2v) is 5.20. The minimum atomic E-state index is -0.150. The third-order valence-electron chi connectivity index (χ3n) is 3.06. The van der Waals surface area contributed by atoms with Crippen molar-refractivity contribution in [1.29, 1.82) is 0 Å². The van der Waals surface area contributed by atoms with Crippen LogP contribution in [0.15, 0.2) is 12.3 Å². The third-order valence-corrected chi connectivity index (χ3v) is 3.26. The van der Waals surface area contributed by atoms with Crippen LogP contribution in [0, 0.1) is 6.92 Å². The van der Waals surface area contributed by atoms with E-state index >= 15 is 0 Å². The summed E-state index contributed by atoms with van der Waals surface area (Å²) in [5.41, 5.74) is 2.91. The smallest absolute Gasteiger partial charge is 0.160 e. The average molecular weight is 268 g/mol. The monoisotopic (exact) mass is 267 g/mol. The van der Waals surface area contributed by atoms with E-state index in [9.17, 15) is 0 Å². The number of pyridine rings is 1. The van der Waals surface area contributed by atoms with E-state index in [1.165, 1.54) is 0 Å². The lowest BCUT2D eigenvalue weighted by molar-refractivity contribution is 0.103. The van der Waals surface area contributed by atoms with Gasteiger partial charge in [0.2, 0.25) is 0 Å². The fourth-order valence-corrected chi connectivity index (χ4v) is 2.14. The summed E-state index contributed by atoms with van der Waals surface area (Å²) in [5.74, 6) is 0.845. The molecule has 0 spiro atoms. The van der Waals surface area contributed by atoms with Gasteiger partial charge in [-0.2, -0.15) is 0 Å². The normalized spacial score (nSPS) is 14.9. The van der Waals surface area contributed by atoms with E-state index in [0.717, 1.165) is 22.6 Å². The molecule has 0 bridgehead atoms. The van der Waals surface area contributed by atoms with Crippen molar-refractivity contribution in [1.82, 2.24) is 14.5 Å². The highest BCUT2D eigenvalue weighted by Gasteiger charge is 2.18. The number of aromatic nitrogens is 3. The lowest BCUT2D eigenvalue weighted by atomic mass is 10.3. The molecule has 0 radical (unpaired) electrons. The highest BCUT2D eigenvalue weighted by molar-refractivity contribution is 6.20. The lowest BCUT2D eigenvalue weighted by Crippen LogP contribution is -2.17. The maximum Gasteiger partial charge on any atom is 0.160 e. The maximum absolute atomic E-state index is 6.21. The molecule has 2 rings (SSSR count). The number of rotatable bonds is 4. The number of fused-ring (bicyclic) bond motifs is 1. The molecule has 2 aromatic heterocycles. The van der Waals surface area contributed by atoms with Crippen LogP contribution in [-0.2, 0) is 11.3 Å². The zero-order valence-corrected chi connectivity index (χ0v) is 11.9. The Labute approximate surface area is 112 Å². The van der Waals surface area contributed by atoms with Crippen molar-refractivity contribution in [3.63, 3.8) is 0 Å². The number of halogens is 1. The first-order valence-corrected chi connectivity index (χ1v) is 6.46. The molecule has 0 fully saturated rings. The fraction of sp³-hybridized carbons (Fsp3) is 0.538. The highest BCUT2D eigenvalue weighted by Crippen LogP contribution is 2.25. The summed E-state index contributed by atoms with van der Waals surface area (Å²) < 4.78 is 7.37. The first kappa shape index (κ1) is 13.3. The van der Waals surface area contributed by atoms with E-state index in [2.05, 4.69) is 9.97 Å². The molecule has 2 heterocycles. The molecular formula is C13H18ClN3O. The molecule has 98 valence electrons. The number of hydrogen-bond donors (Lipinski definition) is 0. The third kappa shape index (κ3) is 2.35. The summed E-state index contributed by atoms with van der Waals surface area (Å²) in [6, 6.07) is 1.96. The molecule has 0 amide bonds. The molecule has 18 heavy (non-hydrogen) atoms. The van der Waals surface area contributed by atoms with E-state index in [4.69, 9.17) is 16.3 Å². The fourth-order valence-electron chi connectivity index (χ4n) is 1.97. The summed E-state index contributed by atoms with van der Waals surface area (Å²) in [5, 5.41) is -0.150. The second kappa shape index (κ2) is 5.24. The quantitative estimate of drug-likeness (QED) is 0.800. The Morgan fingerprint density at radius 1 is 1.44 bits per heavy atom. The Bertz CT molecular complexity index is 550. The predicted molar refractivity (Wildman–Crippen MR) is 73.0 cm³/mol. The number of imidazole rings is 1. The molecule has 5 heteroatoms. The van der Waals surface area contributed by atoms with Crippen LogP contribution >= 0.6 is 11.6 Å². The van der Waals surface area contributed by atoms with E-state index in [1.54, 1.807) is 13.3 Å². The minimum absolute atomic E-state index is 0.0962. The summed E-state index contributed by atoms with van der Waals surface area (Å²) in [7, 11) is 1.70. The van der Waals surface area contributed by atoms with E-state index in [-0.39, 0.29) is 11.5 Å². The average Bonchev–Trinajstić information content (AvgIpc) is 2.70. The molecule has 2 unspecified atom stereocenters. The molecule has 2 atom stereocenters. The predicted octanol–water partition coefficient (Wildman–Crippen LogP) is 3.07. The molecule has 0 saturated heterocycles. The first-order chi connectivity index (χ1) is 8.54. The van der Waals surface area contributed by atoms with Gasteiger partial charge in [-0.3, -0.25) is 0 Å². The Kier molecular flexibility index (Phi) is 3.88. The Morgan fingerprint density at radius 3 is 2.78 bits per heavy atom. The van der Waals surface area contributed by atoms with Crippen molar-refractivity contribution in [2.75, 3.05) is 7.11 Å².